The maximum absolute atomic E-state index is 12.2. The Labute approximate surface area is 135 Å². The van der Waals surface area contributed by atoms with E-state index in [1.54, 1.807) is 6.33 Å². The minimum atomic E-state index is 0.220. The molecule has 0 unspecified atom stereocenters. The van der Waals surface area contributed by atoms with Crippen LogP contribution < -0.4 is 4.74 Å². The molecule has 1 fully saturated rings. The van der Waals surface area contributed by atoms with Crippen LogP contribution in [0.4, 0.5) is 0 Å². The van der Waals surface area contributed by atoms with E-state index in [0.29, 0.717) is 18.9 Å². The molecule has 0 aliphatic carbocycles. The molecule has 3 rings (SSSR count). The first kappa shape index (κ1) is 15.5. The number of carbonyl (C=O) groups excluding carboxylic acids is 1. The van der Waals surface area contributed by atoms with Gasteiger partial charge in [0.15, 0.2) is 0 Å². The third-order valence-corrected chi connectivity index (χ3v) is 4.21. The lowest BCUT2D eigenvalue weighted by Gasteiger charge is -2.31. The number of hydrogen-bond acceptors (Lipinski definition) is 4. The Morgan fingerprint density at radius 1 is 1.26 bits per heavy atom. The van der Waals surface area contributed by atoms with Gasteiger partial charge in [-0.3, -0.25) is 9.89 Å². The summed E-state index contributed by atoms with van der Waals surface area (Å²) in [6.45, 7) is 2.16. The molecule has 1 aromatic heterocycles. The number of carbonyl (C=O) groups is 1. The normalized spacial score (nSPS) is 15.6. The highest BCUT2D eigenvalue weighted by Gasteiger charge is 2.24. The highest BCUT2D eigenvalue weighted by molar-refractivity contribution is 5.76. The fourth-order valence-corrected chi connectivity index (χ4v) is 2.90. The van der Waals surface area contributed by atoms with Crippen molar-refractivity contribution in [3.05, 3.63) is 42.5 Å². The van der Waals surface area contributed by atoms with E-state index in [1.807, 2.05) is 35.2 Å². The van der Waals surface area contributed by atoms with Crippen LogP contribution in [-0.2, 0) is 4.79 Å². The predicted molar refractivity (Wildman–Crippen MR) is 86.1 cm³/mol. The van der Waals surface area contributed by atoms with Crippen LogP contribution >= 0.6 is 0 Å². The molecule has 6 heteroatoms. The number of hydrogen-bond donors (Lipinski definition) is 1. The van der Waals surface area contributed by atoms with Crippen molar-refractivity contribution < 1.29 is 9.53 Å². The number of ether oxygens (including phenoxy) is 1. The van der Waals surface area contributed by atoms with Crippen LogP contribution in [0.25, 0.3) is 0 Å². The maximum atomic E-state index is 12.2. The Bertz CT molecular complexity index is 592. The van der Waals surface area contributed by atoms with Crippen LogP contribution in [0.15, 0.2) is 36.7 Å². The van der Waals surface area contributed by atoms with Crippen molar-refractivity contribution in [3.8, 4) is 5.75 Å². The Kier molecular flexibility index (Phi) is 5.24. The van der Waals surface area contributed by atoms with E-state index >= 15 is 0 Å². The van der Waals surface area contributed by atoms with Crippen LogP contribution in [0.3, 0.4) is 0 Å². The predicted octanol–water partition coefficient (Wildman–Crippen LogP) is 2.37. The third kappa shape index (κ3) is 4.31. The van der Waals surface area contributed by atoms with Crippen molar-refractivity contribution in [3.63, 3.8) is 0 Å². The highest BCUT2D eigenvalue weighted by atomic mass is 16.5. The van der Waals surface area contributed by atoms with E-state index in [2.05, 4.69) is 15.2 Å². The molecule has 1 saturated heterocycles. The number of piperidine rings is 1. The van der Waals surface area contributed by atoms with E-state index in [-0.39, 0.29) is 5.91 Å². The molecule has 2 heterocycles. The molecule has 122 valence electrons. The summed E-state index contributed by atoms with van der Waals surface area (Å²) < 4.78 is 5.62. The van der Waals surface area contributed by atoms with E-state index in [9.17, 15) is 4.79 Å². The number of aromatic nitrogens is 3. The van der Waals surface area contributed by atoms with Crippen LogP contribution in [0.2, 0.25) is 0 Å². The summed E-state index contributed by atoms with van der Waals surface area (Å²) in [5, 5.41) is 6.82. The lowest BCUT2D eigenvalue weighted by molar-refractivity contribution is -0.132. The van der Waals surface area contributed by atoms with E-state index in [1.165, 1.54) is 0 Å². The van der Waals surface area contributed by atoms with Crippen LogP contribution in [0.5, 0.6) is 5.75 Å². The van der Waals surface area contributed by atoms with Gasteiger partial charge in [-0.15, -0.1) is 0 Å². The van der Waals surface area contributed by atoms with Crippen LogP contribution in [-0.4, -0.2) is 45.7 Å². The van der Waals surface area contributed by atoms with Crippen molar-refractivity contribution >= 4 is 5.91 Å². The van der Waals surface area contributed by atoms with Crippen molar-refractivity contribution in [2.45, 2.75) is 31.6 Å². The lowest BCUT2D eigenvalue weighted by Crippen LogP contribution is -2.38. The second-order valence-corrected chi connectivity index (χ2v) is 5.79. The van der Waals surface area contributed by atoms with E-state index in [4.69, 9.17) is 4.74 Å². The second-order valence-electron chi connectivity index (χ2n) is 5.79. The molecular weight excluding hydrogens is 292 g/mol. The number of nitrogens with one attached hydrogen (secondary N) is 1. The van der Waals surface area contributed by atoms with Gasteiger partial charge in [-0.05, 0) is 31.4 Å². The monoisotopic (exact) mass is 314 g/mol. The van der Waals surface area contributed by atoms with Gasteiger partial charge in [0.2, 0.25) is 5.91 Å². The average molecular weight is 314 g/mol. The first-order valence-corrected chi connectivity index (χ1v) is 8.14. The van der Waals surface area contributed by atoms with Crippen molar-refractivity contribution in [1.29, 1.82) is 0 Å². The fourth-order valence-electron chi connectivity index (χ4n) is 2.90. The van der Waals surface area contributed by atoms with Gasteiger partial charge in [-0.2, -0.15) is 5.10 Å². The number of likely N-dealkylation sites (tertiary alicyclic amines) is 1. The Hall–Kier alpha value is -2.37. The SMILES string of the molecule is O=C(CCCOc1ccccc1)N1CCC(c2ncn[nH]2)CC1. The number of rotatable bonds is 6. The van der Waals surface area contributed by atoms with Gasteiger partial charge >= 0.3 is 0 Å². The van der Waals surface area contributed by atoms with Crippen LogP contribution in [0.1, 0.15) is 37.4 Å². The zero-order valence-electron chi connectivity index (χ0n) is 13.1. The standard InChI is InChI=1S/C17H22N4O2/c22-16(7-4-12-23-15-5-2-1-3-6-15)21-10-8-14(9-11-21)17-18-13-19-20-17/h1-3,5-6,13-14H,4,7-12H2,(H,18,19,20). The van der Waals surface area contributed by atoms with Gasteiger partial charge in [0.05, 0.1) is 6.61 Å². The molecule has 23 heavy (non-hydrogen) atoms. The van der Waals surface area contributed by atoms with E-state index in [0.717, 1.165) is 43.9 Å². The third-order valence-electron chi connectivity index (χ3n) is 4.21. The number of benzene rings is 1. The highest BCUT2D eigenvalue weighted by Crippen LogP contribution is 2.25. The Balaban J connectivity index is 1.35. The molecule has 0 radical (unpaired) electrons. The summed E-state index contributed by atoms with van der Waals surface area (Å²) >= 11 is 0. The van der Waals surface area contributed by atoms with Gasteiger partial charge in [-0.1, -0.05) is 18.2 Å². The zero-order valence-corrected chi connectivity index (χ0v) is 13.1. The number of H-pyrrole nitrogens is 1. The summed E-state index contributed by atoms with van der Waals surface area (Å²) in [4.78, 5) is 18.4. The van der Waals surface area contributed by atoms with Gasteiger partial charge in [0.1, 0.15) is 17.9 Å². The molecular formula is C17H22N4O2. The minimum absolute atomic E-state index is 0.220. The largest absolute Gasteiger partial charge is 0.494 e. The molecule has 1 N–H and O–H groups in total. The first-order valence-electron chi connectivity index (χ1n) is 8.14. The van der Waals surface area contributed by atoms with Crippen LogP contribution in [0, 0.1) is 0 Å². The smallest absolute Gasteiger partial charge is 0.222 e. The maximum Gasteiger partial charge on any atom is 0.222 e. The molecule has 6 nitrogen and oxygen atoms in total. The summed E-state index contributed by atoms with van der Waals surface area (Å²) in [5.74, 6) is 2.40. The number of para-hydroxylation sites is 1. The summed E-state index contributed by atoms with van der Waals surface area (Å²) in [6.07, 6.45) is 4.72. The molecule has 1 aliphatic rings. The molecule has 1 amide bonds. The van der Waals surface area contributed by atoms with Gasteiger partial charge in [0, 0.05) is 25.4 Å². The van der Waals surface area contributed by atoms with Crippen molar-refractivity contribution in [1.82, 2.24) is 20.1 Å². The van der Waals surface area contributed by atoms with Crippen molar-refractivity contribution in [2.24, 2.45) is 0 Å². The van der Waals surface area contributed by atoms with Gasteiger partial charge in [0.25, 0.3) is 0 Å². The summed E-state index contributed by atoms with van der Waals surface area (Å²) in [7, 11) is 0. The number of amides is 1. The molecule has 1 aromatic carbocycles. The second kappa shape index (κ2) is 7.76. The lowest BCUT2D eigenvalue weighted by atomic mass is 9.96. The molecule has 2 aromatic rings. The molecule has 0 saturated carbocycles. The Morgan fingerprint density at radius 3 is 2.74 bits per heavy atom. The molecule has 0 bridgehead atoms. The number of aromatic amines is 1. The molecule has 0 spiro atoms. The quantitative estimate of drug-likeness (QED) is 0.831. The topological polar surface area (TPSA) is 71.1 Å². The van der Waals surface area contributed by atoms with E-state index < -0.39 is 0 Å². The first-order chi connectivity index (χ1) is 11.3. The summed E-state index contributed by atoms with van der Waals surface area (Å²) in [6, 6.07) is 9.70. The molecule has 0 atom stereocenters. The zero-order chi connectivity index (χ0) is 15.9. The van der Waals surface area contributed by atoms with Gasteiger partial charge < -0.3 is 9.64 Å². The van der Waals surface area contributed by atoms with Crippen molar-refractivity contribution in [2.75, 3.05) is 19.7 Å². The summed E-state index contributed by atoms with van der Waals surface area (Å²) in [5.41, 5.74) is 0. The Morgan fingerprint density at radius 2 is 2.04 bits per heavy atom. The molecule has 1 aliphatic heterocycles. The van der Waals surface area contributed by atoms with Gasteiger partial charge in [-0.25, -0.2) is 4.98 Å². The minimum Gasteiger partial charge on any atom is -0.494 e. The fraction of sp³-hybridized carbons (Fsp3) is 0.471. The average Bonchev–Trinajstić information content (AvgIpc) is 3.14. The number of nitrogens with zero attached hydrogens (tertiary/aromatic N) is 3.